The number of aromatic carboxylic acids is 1. The first kappa shape index (κ1) is 17.4. The molecule has 3 rings (SSSR count). The Bertz CT molecular complexity index is 939. The molecular weight excluding hydrogens is 347 g/mol. The van der Waals surface area contributed by atoms with Crippen molar-refractivity contribution in [2.75, 3.05) is 13.2 Å². The van der Waals surface area contributed by atoms with Gasteiger partial charge in [-0.3, -0.25) is 0 Å². The molecule has 1 aromatic carbocycles. The summed E-state index contributed by atoms with van der Waals surface area (Å²) in [6, 6.07) is 7.69. The molecule has 5 nitrogen and oxygen atoms in total. The average molecular weight is 363 g/mol. The predicted octanol–water partition coefficient (Wildman–Crippen LogP) is 4.23. The number of ether oxygens (including phenoxy) is 1. The van der Waals surface area contributed by atoms with Gasteiger partial charge in [0, 0.05) is 30.3 Å². The monoisotopic (exact) mass is 362 g/mol. The minimum Gasteiger partial charge on any atom is -0.477 e. The molecule has 0 saturated carbocycles. The summed E-state index contributed by atoms with van der Waals surface area (Å²) in [4.78, 5) is 15.4. The summed E-state index contributed by atoms with van der Waals surface area (Å²) in [7, 11) is 0. The lowest BCUT2D eigenvalue weighted by Gasteiger charge is -2.05. The number of fused-ring (bicyclic) bond motifs is 1. The van der Waals surface area contributed by atoms with Gasteiger partial charge < -0.3 is 14.4 Å². The zero-order chi connectivity index (χ0) is 18.0. The van der Waals surface area contributed by atoms with Gasteiger partial charge in [0.05, 0.1) is 11.6 Å². The van der Waals surface area contributed by atoms with E-state index in [0.29, 0.717) is 31.0 Å². The second-order valence-corrected chi connectivity index (χ2v) is 5.84. The highest BCUT2D eigenvalue weighted by Gasteiger charge is 2.15. The lowest BCUT2D eigenvalue weighted by atomic mass is 10.1. The van der Waals surface area contributed by atoms with Crippen LogP contribution in [0.3, 0.4) is 0 Å². The number of carboxylic acid groups (broad SMARTS) is 1. The number of benzene rings is 1. The Morgan fingerprint density at radius 1 is 1.36 bits per heavy atom. The Hall–Kier alpha value is -2.44. The third kappa shape index (κ3) is 3.50. The van der Waals surface area contributed by atoms with E-state index in [4.69, 9.17) is 16.3 Å². The summed E-state index contributed by atoms with van der Waals surface area (Å²) in [5.74, 6) is -1.61. The van der Waals surface area contributed by atoms with E-state index in [1.165, 1.54) is 18.2 Å². The molecule has 0 aliphatic heterocycles. The van der Waals surface area contributed by atoms with Gasteiger partial charge in [0.25, 0.3) is 0 Å². The first-order chi connectivity index (χ1) is 12.0. The van der Waals surface area contributed by atoms with E-state index in [1.807, 2.05) is 17.7 Å². The summed E-state index contributed by atoms with van der Waals surface area (Å²) in [5.41, 5.74) is 1.88. The SMILES string of the molecule is CCOCCn1cc(-c2ccc(Cl)c(F)c2)c2ccc(C(=O)O)nc21. The first-order valence-corrected chi connectivity index (χ1v) is 8.15. The molecule has 130 valence electrons. The molecule has 3 aromatic rings. The third-order valence-electron chi connectivity index (χ3n) is 3.85. The van der Waals surface area contributed by atoms with Crippen LogP contribution in [0.4, 0.5) is 4.39 Å². The lowest BCUT2D eigenvalue weighted by Crippen LogP contribution is -2.07. The molecule has 2 heterocycles. The van der Waals surface area contributed by atoms with Crippen LogP contribution in [0.25, 0.3) is 22.2 Å². The van der Waals surface area contributed by atoms with Crippen molar-refractivity contribution in [3.8, 4) is 11.1 Å². The third-order valence-corrected chi connectivity index (χ3v) is 4.16. The van der Waals surface area contributed by atoms with Crippen molar-refractivity contribution >= 4 is 28.6 Å². The normalized spacial score (nSPS) is 11.2. The fourth-order valence-electron chi connectivity index (χ4n) is 2.65. The van der Waals surface area contributed by atoms with Gasteiger partial charge in [-0.25, -0.2) is 14.2 Å². The van der Waals surface area contributed by atoms with Crippen LogP contribution in [-0.4, -0.2) is 33.8 Å². The minimum absolute atomic E-state index is 0.0444. The van der Waals surface area contributed by atoms with Crippen LogP contribution in [0.15, 0.2) is 36.5 Å². The highest BCUT2D eigenvalue weighted by Crippen LogP contribution is 2.32. The molecule has 0 atom stereocenters. The molecule has 0 saturated heterocycles. The quantitative estimate of drug-likeness (QED) is 0.666. The molecule has 0 aliphatic rings. The van der Waals surface area contributed by atoms with E-state index in [2.05, 4.69) is 4.98 Å². The highest BCUT2D eigenvalue weighted by molar-refractivity contribution is 6.30. The largest absolute Gasteiger partial charge is 0.477 e. The van der Waals surface area contributed by atoms with Crippen LogP contribution >= 0.6 is 11.6 Å². The van der Waals surface area contributed by atoms with Crippen LogP contribution in [-0.2, 0) is 11.3 Å². The molecular formula is C18H16ClFN2O3. The van der Waals surface area contributed by atoms with Crippen molar-refractivity contribution in [1.82, 2.24) is 9.55 Å². The molecule has 0 unspecified atom stereocenters. The minimum atomic E-state index is -1.10. The second-order valence-electron chi connectivity index (χ2n) is 5.43. The molecule has 0 radical (unpaired) electrons. The van der Waals surface area contributed by atoms with Crippen LogP contribution < -0.4 is 0 Å². The van der Waals surface area contributed by atoms with Gasteiger partial charge in [-0.1, -0.05) is 17.7 Å². The van der Waals surface area contributed by atoms with E-state index in [-0.39, 0.29) is 10.7 Å². The van der Waals surface area contributed by atoms with Gasteiger partial charge >= 0.3 is 5.97 Å². The number of hydrogen-bond donors (Lipinski definition) is 1. The summed E-state index contributed by atoms with van der Waals surface area (Å²) in [5, 5.41) is 9.97. The number of carboxylic acids is 1. The van der Waals surface area contributed by atoms with E-state index in [1.54, 1.807) is 12.1 Å². The summed E-state index contributed by atoms with van der Waals surface area (Å²) in [6.07, 6.45) is 1.82. The maximum atomic E-state index is 13.8. The predicted molar refractivity (Wildman–Crippen MR) is 93.6 cm³/mol. The van der Waals surface area contributed by atoms with Crippen molar-refractivity contribution in [2.24, 2.45) is 0 Å². The standard InChI is InChI=1S/C18H16ClFN2O3/c1-2-25-8-7-22-10-13(11-3-5-14(19)15(20)9-11)12-4-6-16(18(23)24)21-17(12)22/h3-6,9-10H,2,7-8H2,1H3,(H,23,24). The van der Waals surface area contributed by atoms with E-state index in [0.717, 1.165) is 10.9 Å². The maximum absolute atomic E-state index is 13.8. The van der Waals surface area contributed by atoms with Crippen molar-refractivity contribution < 1.29 is 19.0 Å². The van der Waals surface area contributed by atoms with Crippen LogP contribution in [0.1, 0.15) is 17.4 Å². The fourth-order valence-corrected chi connectivity index (χ4v) is 2.77. The molecule has 7 heteroatoms. The molecule has 0 bridgehead atoms. The number of carbonyl (C=O) groups is 1. The molecule has 0 fully saturated rings. The first-order valence-electron chi connectivity index (χ1n) is 7.77. The Morgan fingerprint density at radius 2 is 2.16 bits per heavy atom. The van der Waals surface area contributed by atoms with Gasteiger partial charge in [-0.15, -0.1) is 0 Å². The zero-order valence-electron chi connectivity index (χ0n) is 13.5. The molecule has 0 amide bonds. The summed E-state index contributed by atoms with van der Waals surface area (Å²) >= 11 is 5.76. The van der Waals surface area contributed by atoms with Crippen molar-refractivity contribution in [3.63, 3.8) is 0 Å². The van der Waals surface area contributed by atoms with Gasteiger partial charge in [-0.05, 0) is 36.8 Å². The van der Waals surface area contributed by atoms with Crippen molar-refractivity contribution in [2.45, 2.75) is 13.5 Å². The second kappa shape index (κ2) is 7.21. The average Bonchev–Trinajstić information content (AvgIpc) is 2.96. The summed E-state index contributed by atoms with van der Waals surface area (Å²) in [6.45, 7) is 3.46. The van der Waals surface area contributed by atoms with Crippen LogP contribution in [0.2, 0.25) is 5.02 Å². The van der Waals surface area contributed by atoms with Gasteiger partial charge in [0.15, 0.2) is 5.69 Å². The number of halogens is 2. The Labute approximate surface area is 148 Å². The fraction of sp³-hybridized carbons (Fsp3) is 0.222. The molecule has 0 aliphatic carbocycles. The van der Waals surface area contributed by atoms with Crippen molar-refractivity contribution in [1.29, 1.82) is 0 Å². The number of aromatic nitrogens is 2. The van der Waals surface area contributed by atoms with Gasteiger partial charge in [-0.2, -0.15) is 0 Å². The lowest BCUT2D eigenvalue weighted by molar-refractivity contribution is 0.0691. The highest BCUT2D eigenvalue weighted by atomic mass is 35.5. The van der Waals surface area contributed by atoms with Gasteiger partial charge in [0.1, 0.15) is 11.5 Å². The van der Waals surface area contributed by atoms with E-state index in [9.17, 15) is 14.3 Å². The number of pyridine rings is 1. The molecule has 1 N–H and O–H groups in total. The molecule has 25 heavy (non-hydrogen) atoms. The van der Waals surface area contributed by atoms with Crippen molar-refractivity contribution in [3.05, 3.63) is 53.1 Å². The van der Waals surface area contributed by atoms with E-state index < -0.39 is 11.8 Å². The van der Waals surface area contributed by atoms with Crippen LogP contribution in [0, 0.1) is 5.82 Å². The zero-order valence-corrected chi connectivity index (χ0v) is 14.3. The Kier molecular flexibility index (Phi) is 5.01. The van der Waals surface area contributed by atoms with E-state index >= 15 is 0 Å². The number of rotatable bonds is 6. The maximum Gasteiger partial charge on any atom is 0.354 e. The van der Waals surface area contributed by atoms with Crippen LogP contribution in [0.5, 0.6) is 0 Å². The smallest absolute Gasteiger partial charge is 0.354 e. The summed E-state index contributed by atoms with van der Waals surface area (Å²) < 4.78 is 21.0. The molecule has 0 spiro atoms. The Balaban J connectivity index is 2.14. The number of nitrogens with zero attached hydrogens (tertiary/aromatic N) is 2. The topological polar surface area (TPSA) is 64.3 Å². The Morgan fingerprint density at radius 3 is 2.84 bits per heavy atom. The molecule has 2 aromatic heterocycles. The number of hydrogen-bond acceptors (Lipinski definition) is 3. The van der Waals surface area contributed by atoms with Gasteiger partial charge in [0.2, 0.25) is 0 Å².